The molecule has 1 aliphatic rings. The van der Waals surface area contributed by atoms with E-state index in [1.54, 1.807) is 13.2 Å². The van der Waals surface area contributed by atoms with Gasteiger partial charge in [-0.3, -0.25) is 9.59 Å². The molecular weight excluding hydrogens is 292 g/mol. The summed E-state index contributed by atoms with van der Waals surface area (Å²) < 4.78 is 5.16. The lowest BCUT2D eigenvalue weighted by molar-refractivity contribution is -0.142. The number of nitrogens with one attached hydrogen (secondary N) is 1. The van der Waals surface area contributed by atoms with Crippen LogP contribution in [-0.2, 0) is 9.59 Å². The normalized spacial score (nSPS) is 18.4. The molecule has 0 spiro atoms. The molecule has 1 aromatic rings. The molecule has 0 aromatic heterocycles. The lowest BCUT2D eigenvalue weighted by Gasteiger charge is -2.35. The van der Waals surface area contributed by atoms with Gasteiger partial charge in [0.2, 0.25) is 11.8 Å². The number of amides is 2. The Bertz CT molecular complexity index is 578. The van der Waals surface area contributed by atoms with Gasteiger partial charge in [-0.15, -0.1) is 0 Å². The van der Waals surface area contributed by atoms with Crippen LogP contribution < -0.4 is 10.1 Å². The van der Waals surface area contributed by atoms with Gasteiger partial charge in [0.25, 0.3) is 0 Å². The van der Waals surface area contributed by atoms with Crippen LogP contribution >= 0.6 is 0 Å². The van der Waals surface area contributed by atoms with Crippen molar-refractivity contribution in [2.45, 2.75) is 33.6 Å². The monoisotopic (exact) mass is 318 g/mol. The van der Waals surface area contributed by atoms with Crippen molar-refractivity contribution in [3.05, 3.63) is 24.3 Å². The number of rotatable bonds is 3. The fourth-order valence-electron chi connectivity index (χ4n) is 2.80. The fourth-order valence-corrected chi connectivity index (χ4v) is 2.80. The number of hydrogen-bond acceptors (Lipinski definition) is 3. The van der Waals surface area contributed by atoms with Gasteiger partial charge in [-0.1, -0.05) is 26.8 Å². The summed E-state index contributed by atoms with van der Waals surface area (Å²) in [4.78, 5) is 26.7. The molecule has 1 heterocycles. The van der Waals surface area contributed by atoms with Crippen molar-refractivity contribution in [1.29, 1.82) is 0 Å². The molecule has 126 valence electrons. The minimum atomic E-state index is -0.412. The second-order valence-electron chi connectivity index (χ2n) is 7.06. The summed E-state index contributed by atoms with van der Waals surface area (Å²) in [5.74, 6) is 0.610. The summed E-state index contributed by atoms with van der Waals surface area (Å²) in [7, 11) is 1.60. The van der Waals surface area contributed by atoms with Crippen molar-refractivity contribution in [3.63, 3.8) is 0 Å². The number of methoxy groups -OCH3 is 1. The molecule has 1 aliphatic heterocycles. The zero-order valence-electron chi connectivity index (χ0n) is 14.4. The van der Waals surface area contributed by atoms with E-state index in [0.29, 0.717) is 18.0 Å². The number of likely N-dealkylation sites (tertiary alicyclic amines) is 1. The number of nitrogens with zero attached hydrogens (tertiary/aromatic N) is 1. The smallest absolute Gasteiger partial charge is 0.229 e. The standard InChI is InChI=1S/C18H26N2O3/c1-18(2,3)17(22)20-10-6-7-13(12-20)16(21)19-14-8-5-9-15(11-14)23-4/h5,8-9,11,13H,6-7,10,12H2,1-4H3,(H,19,21)/t13-/m0/s1. The topological polar surface area (TPSA) is 58.6 Å². The predicted molar refractivity (Wildman–Crippen MR) is 90.4 cm³/mol. The van der Waals surface area contributed by atoms with Crippen molar-refractivity contribution < 1.29 is 14.3 Å². The van der Waals surface area contributed by atoms with Gasteiger partial charge in [0, 0.05) is 30.3 Å². The number of piperidine rings is 1. The Morgan fingerprint density at radius 2 is 2.04 bits per heavy atom. The first-order chi connectivity index (χ1) is 10.8. The van der Waals surface area contributed by atoms with Crippen LogP contribution in [0.4, 0.5) is 5.69 Å². The third kappa shape index (κ3) is 4.47. The van der Waals surface area contributed by atoms with E-state index in [1.165, 1.54) is 0 Å². The van der Waals surface area contributed by atoms with Gasteiger partial charge in [-0.05, 0) is 25.0 Å². The number of ether oxygens (including phenoxy) is 1. The van der Waals surface area contributed by atoms with E-state index in [2.05, 4.69) is 5.32 Å². The van der Waals surface area contributed by atoms with E-state index in [-0.39, 0.29) is 17.7 Å². The highest BCUT2D eigenvalue weighted by molar-refractivity contribution is 5.93. The van der Waals surface area contributed by atoms with Crippen LogP contribution in [0.5, 0.6) is 5.75 Å². The van der Waals surface area contributed by atoms with Gasteiger partial charge in [0.05, 0.1) is 13.0 Å². The molecule has 23 heavy (non-hydrogen) atoms. The van der Waals surface area contributed by atoms with E-state index in [1.807, 2.05) is 43.9 Å². The van der Waals surface area contributed by atoms with Gasteiger partial charge in [0.1, 0.15) is 5.75 Å². The first-order valence-electron chi connectivity index (χ1n) is 8.05. The molecular formula is C18H26N2O3. The minimum Gasteiger partial charge on any atom is -0.497 e. The molecule has 1 aromatic carbocycles. The van der Waals surface area contributed by atoms with Gasteiger partial charge < -0.3 is 15.0 Å². The van der Waals surface area contributed by atoms with Crippen LogP contribution in [-0.4, -0.2) is 36.9 Å². The average molecular weight is 318 g/mol. The molecule has 5 nitrogen and oxygen atoms in total. The number of benzene rings is 1. The van der Waals surface area contributed by atoms with Crippen LogP contribution in [0.1, 0.15) is 33.6 Å². The Balaban J connectivity index is 2.00. The molecule has 1 saturated heterocycles. The summed E-state index contributed by atoms with van der Waals surface area (Å²) in [5, 5.41) is 2.93. The van der Waals surface area contributed by atoms with E-state index in [4.69, 9.17) is 4.74 Å². The van der Waals surface area contributed by atoms with Gasteiger partial charge in [-0.25, -0.2) is 0 Å². The summed E-state index contributed by atoms with van der Waals surface area (Å²) in [6.07, 6.45) is 1.67. The van der Waals surface area contributed by atoms with E-state index >= 15 is 0 Å². The summed E-state index contributed by atoms with van der Waals surface area (Å²) >= 11 is 0. The highest BCUT2D eigenvalue weighted by Gasteiger charge is 2.33. The van der Waals surface area contributed by atoms with E-state index < -0.39 is 5.41 Å². The second-order valence-corrected chi connectivity index (χ2v) is 7.06. The molecule has 0 bridgehead atoms. The van der Waals surface area contributed by atoms with Crippen molar-refractivity contribution in [2.75, 3.05) is 25.5 Å². The van der Waals surface area contributed by atoms with Crippen molar-refractivity contribution in [2.24, 2.45) is 11.3 Å². The van der Waals surface area contributed by atoms with Crippen LogP contribution in [0.15, 0.2) is 24.3 Å². The summed E-state index contributed by atoms with van der Waals surface area (Å²) in [5.41, 5.74) is 0.305. The molecule has 0 aliphatic carbocycles. The number of hydrogen-bond donors (Lipinski definition) is 1. The zero-order chi connectivity index (χ0) is 17.0. The zero-order valence-corrected chi connectivity index (χ0v) is 14.4. The van der Waals surface area contributed by atoms with Crippen LogP contribution in [0, 0.1) is 11.3 Å². The van der Waals surface area contributed by atoms with E-state index in [9.17, 15) is 9.59 Å². The van der Waals surface area contributed by atoms with Crippen LogP contribution in [0.2, 0.25) is 0 Å². The Labute approximate surface area is 138 Å². The fraction of sp³-hybridized carbons (Fsp3) is 0.556. The molecule has 0 radical (unpaired) electrons. The highest BCUT2D eigenvalue weighted by Crippen LogP contribution is 2.25. The molecule has 2 rings (SSSR count). The lowest BCUT2D eigenvalue weighted by atomic mass is 9.91. The lowest BCUT2D eigenvalue weighted by Crippen LogP contribution is -2.47. The van der Waals surface area contributed by atoms with Crippen LogP contribution in [0.25, 0.3) is 0 Å². The third-order valence-electron chi connectivity index (χ3n) is 4.06. The Kier molecular flexibility index (Phi) is 5.29. The van der Waals surface area contributed by atoms with Crippen molar-refractivity contribution in [1.82, 2.24) is 4.90 Å². The van der Waals surface area contributed by atoms with Crippen LogP contribution in [0.3, 0.4) is 0 Å². The third-order valence-corrected chi connectivity index (χ3v) is 4.06. The Hall–Kier alpha value is -2.04. The molecule has 0 unspecified atom stereocenters. The number of anilines is 1. The van der Waals surface area contributed by atoms with Crippen molar-refractivity contribution >= 4 is 17.5 Å². The highest BCUT2D eigenvalue weighted by atomic mass is 16.5. The molecule has 0 saturated carbocycles. The Morgan fingerprint density at radius 1 is 1.30 bits per heavy atom. The van der Waals surface area contributed by atoms with Gasteiger partial charge >= 0.3 is 0 Å². The largest absolute Gasteiger partial charge is 0.497 e. The van der Waals surface area contributed by atoms with Gasteiger partial charge in [-0.2, -0.15) is 0 Å². The maximum Gasteiger partial charge on any atom is 0.229 e. The number of carbonyl (C=O) groups excluding carboxylic acids is 2. The summed E-state index contributed by atoms with van der Waals surface area (Å²) in [6.45, 7) is 6.96. The molecule has 1 N–H and O–H groups in total. The van der Waals surface area contributed by atoms with Gasteiger partial charge in [0.15, 0.2) is 0 Å². The molecule has 2 amide bonds. The second kappa shape index (κ2) is 7.02. The average Bonchev–Trinajstić information content (AvgIpc) is 2.53. The molecule has 1 atom stereocenters. The quantitative estimate of drug-likeness (QED) is 0.932. The van der Waals surface area contributed by atoms with E-state index in [0.717, 1.165) is 19.4 Å². The van der Waals surface area contributed by atoms with Crippen molar-refractivity contribution in [3.8, 4) is 5.75 Å². The maximum atomic E-state index is 12.5. The number of carbonyl (C=O) groups is 2. The Morgan fingerprint density at radius 3 is 2.70 bits per heavy atom. The minimum absolute atomic E-state index is 0.0373. The maximum absolute atomic E-state index is 12.5. The summed E-state index contributed by atoms with van der Waals surface area (Å²) in [6, 6.07) is 7.30. The molecule has 5 heteroatoms. The molecule has 1 fully saturated rings. The SMILES string of the molecule is COc1cccc(NC(=O)[C@H]2CCCN(C(=O)C(C)(C)C)C2)c1. The predicted octanol–water partition coefficient (Wildman–Crippen LogP) is 2.92. The first kappa shape index (κ1) is 17.3. The first-order valence-corrected chi connectivity index (χ1v) is 8.05.